The van der Waals surface area contributed by atoms with Gasteiger partial charge in [0, 0.05) is 12.2 Å². The van der Waals surface area contributed by atoms with Gasteiger partial charge in [-0.1, -0.05) is 0 Å². The molecule has 0 aliphatic heterocycles. The largest absolute Gasteiger partial charge is 0.484 e. The Morgan fingerprint density at radius 2 is 1.90 bits per heavy atom. The molecule has 1 N–H and O–H groups in total. The molecule has 108 valence electrons. The summed E-state index contributed by atoms with van der Waals surface area (Å²) >= 11 is 4.98. The van der Waals surface area contributed by atoms with Crippen LogP contribution in [-0.4, -0.2) is 12.8 Å². The molecule has 0 saturated heterocycles. The second kappa shape index (κ2) is 6.49. The Labute approximate surface area is 126 Å². The molecule has 0 radical (unpaired) electrons. The topological polar surface area (TPSA) is 21.3 Å². The predicted molar refractivity (Wildman–Crippen MR) is 77.3 cm³/mol. The molecule has 0 unspecified atom stereocenters. The summed E-state index contributed by atoms with van der Waals surface area (Å²) in [5, 5.41) is 5.21. The van der Waals surface area contributed by atoms with Gasteiger partial charge in [-0.25, -0.2) is 0 Å². The van der Waals surface area contributed by atoms with Crippen LogP contribution in [0.1, 0.15) is 5.56 Å². The van der Waals surface area contributed by atoms with Crippen LogP contribution >= 0.6 is 27.3 Å². The van der Waals surface area contributed by atoms with Crippen LogP contribution in [0.2, 0.25) is 0 Å². The third kappa shape index (κ3) is 5.05. The molecule has 2 nitrogen and oxygen atoms in total. The summed E-state index contributed by atoms with van der Waals surface area (Å²) in [6.07, 6.45) is -4.32. The molecule has 0 saturated carbocycles. The van der Waals surface area contributed by atoms with Gasteiger partial charge >= 0.3 is 6.18 Å². The summed E-state index contributed by atoms with van der Waals surface area (Å²) in [6, 6.07) is 8.41. The summed E-state index contributed by atoms with van der Waals surface area (Å²) in [5.74, 6) is 0.200. The monoisotopic (exact) mass is 365 g/mol. The number of benzene rings is 1. The van der Waals surface area contributed by atoms with Gasteiger partial charge in [-0.2, -0.15) is 13.2 Å². The van der Waals surface area contributed by atoms with E-state index in [1.54, 1.807) is 23.5 Å². The molecule has 1 heterocycles. The van der Waals surface area contributed by atoms with E-state index in [2.05, 4.69) is 26.0 Å². The van der Waals surface area contributed by atoms with Crippen LogP contribution < -0.4 is 10.1 Å². The van der Waals surface area contributed by atoms with Crippen molar-refractivity contribution in [3.05, 3.63) is 45.1 Å². The number of nitrogens with one attached hydrogen (secondary N) is 1. The first-order chi connectivity index (χ1) is 9.42. The smallest absolute Gasteiger partial charge is 0.422 e. The number of rotatable bonds is 5. The minimum Gasteiger partial charge on any atom is -0.484 e. The van der Waals surface area contributed by atoms with Crippen molar-refractivity contribution in [1.29, 1.82) is 0 Å². The molecular weight excluding hydrogens is 355 g/mol. The van der Waals surface area contributed by atoms with Crippen LogP contribution in [0.15, 0.2) is 39.5 Å². The third-order valence-electron chi connectivity index (χ3n) is 2.38. The number of ether oxygens (including phenoxy) is 1. The molecule has 1 aromatic heterocycles. The molecule has 1 aromatic carbocycles. The van der Waals surface area contributed by atoms with Gasteiger partial charge in [0.25, 0.3) is 0 Å². The van der Waals surface area contributed by atoms with Crippen LogP contribution in [0.5, 0.6) is 5.75 Å². The number of hydrogen-bond donors (Lipinski definition) is 1. The van der Waals surface area contributed by atoms with Crippen molar-refractivity contribution in [3.8, 4) is 5.75 Å². The Morgan fingerprint density at radius 1 is 1.20 bits per heavy atom. The van der Waals surface area contributed by atoms with Gasteiger partial charge in [0.2, 0.25) is 0 Å². The first-order valence-electron chi connectivity index (χ1n) is 5.69. The average molecular weight is 366 g/mol. The summed E-state index contributed by atoms with van der Waals surface area (Å²) < 4.78 is 41.7. The van der Waals surface area contributed by atoms with Crippen molar-refractivity contribution in [2.24, 2.45) is 0 Å². The van der Waals surface area contributed by atoms with Crippen molar-refractivity contribution in [1.82, 2.24) is 0 Å². The zero-order valence-corrected chi connectivity index (χ0v) is 12.6. The second-order valence-corrected chi connectivity index (χ2v) is 6.33. The zero-order valence-electron chi connectivity index (χ0n) is 10.2. The molecule has 0 aliphatic rings. The van der Waals surface area contributed by atoms with Crippen molar-refractivity contribution < 1.29 is 17.9 Å². The van der Waals surface area contributed by atoms with E-state index in [0.29, 0.717) is 6.54 Å². The van der Waals surface area contributed by atoms with Gasteiger partial charge in [-0.05, 0) is 57.2 Å². The highest BCUT2D eigenvalue weighted by atomic mass is 79.9. The Hall–Kier alpha value is -1.21. The Balaban J connectivity index is 1.85. The first-order valence-corrected chi connectivity index (χ1v) is 7.36. The normalized spacial score (nSPS) is 11.4. The van der Waals surface area contributed by atoms with Crippen LogP contribution in [0.3, 0.4) is 0 Å². The summed E-state index contributed by atoms with van der Waals surface area (Å²) in [5.41, 5.74) is 1.96. The maximum atomic E-state index is 12.0. The maximum Gasteiger partial charge on any atom is 0.422 e. The lowest BCUT2D eigenvalue weighted by atomic mass is 10.3. The highest BCUT2D eigenvalue weighted by Gasteiger charge is 2.28. The fraction of sp³-hybridized carbons (Fsp3) is 0.231. The van der Waals surface area contributed by atoms with Gasteiger partial charge in [0.15, 0.2) is 6.61 Å². The fourth-order valence-corrected chi connectivity index (χ4v) is 2.69. The van der Waals surface area contributed by atoms with Crippen LogP contribution in [0.4, 0.5) is 18.9 Å². The number of thiophene rings is 1. The van der Waals surface area contributed by atoms with Crippen LogP contribution in [-0.2, 0) is 6.54 Å². The van der Waals surface area contributed by atoms with E-state index in [1.165, 1.54) is 12.1 Å². The molecule has 20 heavy (non-hydrogen) atoms. The van der Waals surface area contributed by atoms with Gasteiger partial charge in [-0.15, -0.1) is 11.3 Å². The highest BCUT2D eigenvalue weighted by molar-refractivity contribution is 9.11. The minimum absolute atomic E-state index is 0.200. The van der Waals surface area contributed by atoms with Gasteiger partial charge in [-0.3, -0.25) is 0 Å². The Morgan fingerprint density at radius 3 is 2.45 bits per heavy atom. The van der Waals surface area contributed by atoms with Crippen LogP contribution in [0.25, 0.3) is 0 Å². The molecule has 0 bridgehead atoms. The molecule has 0 spiro atoms. The molecular formula is C13H11BrF3NOS. The standard InChI is InChI=1S/C13H11BrF3NOS/c14-12-5-9(7-20-12)6-18-10-1-3-11(4-2-10)19-8-13(15,16)17/h1-5,7,18H,6,8H2. The lowest BCUT2D eigenvalue weighted by Crippen LogP contribution is -2.19. The number of alkyl halides is 3. The Bertz CT molecular complexity index is 553. The lowest BCUT2D eigenvalue weighted by molar-refractivity contribution is -0.153. The van der Waals surface area contributed by atoms with Crippen molar-refractivity contribution >= 4 is 33.0 Å². The summed E-state index contributed by atoms with van der Waals surface area (Å²) in [7, 11) is 0. The molecule has 0 fully saturated rings. The van der Waals surface area contributed by atoms with E-state index in [0.717, 1.165) is 15.0 Å². The molecule has 7 heteroatoms. The average Bonchev–Trinajstić information content (AvgIpc) is 2.80. The van der Waals surface area contributed by atoms with Crippen molar-refractivity contribution in [3.63, 3.8) is 0 Å². The first kappa shape index (κ1) is 15.2. The quantitative estimate of drug-likeness (QED) is 0.798. The minimum atomic E-state index is -4.32. The van der Waals surface area contributed by atoms with E-state index in [1.807, 2.05) is 11.4 Å². The summed E-state index contributed by atoms with van der Waals surface area (Å²) in [6.45, 7) is -0.617. The van der Waals surface area contributed by atoms with E-state index in [-0.39, 0.29) is 5.75 Å². The van der Waals surface area contributed by atoms with Gasteiger partial charge in [0.1, 0.15) is 5.75 Å². The molecule has 0 aliphatic carbocycles. The molecule has 0 atom stereocenters. The van der Waals surface area contributed by atoms with E-state index < -0.39 is 12.8 Å². The van der Waals surface area contributed by atoms with Crippen molar-refractivity contribution in [2.45, 2.75) is 12.7 Å². The van der Waals surface area contributed by atoms with Crippen molar-refractivity contribution in [2.75, 3.05) is 11.9 Å². The molecule has 2 aromatic rings. The number of hydrogen-bond acceptors (Lipinski definition) is 3. The number of halogens is 4. The van der Waals surface area contributed by atoms with E-state index >= 15 is 0 Å². The Kier molecular flexibility index (Phi) is 4.93. The van der Waals surface area contributed by atoms with E-state index in [9.17, 15) is 13.2 Å². The predicted octanol–water partition coefficient (Wildman–Crippen LogP) is 5.06. The maximum absolute atomic E-state index is 12.0. The molecule has 2 rings (SSSR count). The molecule has 0 amide bonds. The lowest BCUT2D eigenvalue weighted by Gasteiger charge is -2.10. The fourth-order valence-electron chi connectivity index (χ4n) is 1.48. The SMILES string of the molecule is FC(F)(F)COc1ccc(NCc2csc(Br)c2)cc1. The third-order valence-corrected chi connectivity index (χ3v) is 3.93. The number of anilines is 1. The van der Waals surface area contributed by atoms with Crippen LogP contribution in [0, 0.1) is 0 Å². The van der Waals surface area contributed by atoms with Gasteiger partial charge < -0.3 is 10.1 Å². The second-order valence-electron chi connectivity index (χ2n) is 4.04. The summed E-state index contributed by atoms with van der Waals surface area (Å²) in [4.78, 5) is 0. The van der Waals surface area contributed by atoms with E-state index in [4.69, 9.17) is 0 Å². The van der Waals surface area contributed by atoms with Gasteiger partial charge in [0.05, 0.1) is 3.79 Å². The highest BCUT2D eigenvalue weighted by Crippen LogP contribution is 2.23. The zero-order chi connectivity index (χ0) is 14.6.